The summed E-state index contributed by atoms with van der Waals surface area (Å²) in [6.45, 7) is 1.85. The Labute approximate surface area is 106 Å². The zero-order valence-electron chi connectivity index (χ0n) is 8.71. The van der Waals surface area contributed by atoms with Crippen molar-refractivity contribution in [2.75, 3.05) is 13.1 Å². The minimum Gasteiger partial charge on any atom is -0.487 e. The third kappa shape index (κ3) is 3.51. The minimum absolute atomic E-state index is 0. The van der Waals surface area contributed by atoms with Crippen molar-refractivity contribution >= 4 is 24.0 Å². The Morgan fingerprint density at radius 2 is 2.00 bits per heavy atom. The molecule has 0 radical (unpaired) electrons. The molecule has 1 aromatic carbocycles. The number of rotatable bonds is 2. The Morgan fingerprint density at radius 3 is 2.69 bits per heavy atom. The van der Waals surface area contributed by atoms with Crippen molar-refractivity contribution in [1.29, 1.82) is 0 Å². The number of ether oxygens (including phenoxy) is 1. The zero-order valence-corrected chi connectivity index (χ0v) is 10.3. The summed E-state index contributed by atoms with van der Waals surface area (Å²) in [6, 6.07) is 4.38. The first-order valence-electron chi connectivity index (χ1n) is 5.08. The molecule has 1 saturated heterocycles. The highest BCUT2D eigenvalue weighted by atomic mass is 35.5. The number of hydrogen-bond donors (Lipinski definition) is 1. The molecule has 0 unspecified atom stereocenters. The molecule has 0 atom stereocenters. The van der Waals surface area contributed by atoms with E-state index in [-0.39, 0.29) is 30.1 Å². The highest BCUT2D eigenvalue weighted by Gasteiger charge is 2.16. The van der Waals surface area contributed by atoms with E-state index < -0.39 is 0 Å². The Hall–Kier alpha value is -0.510. The fourth-order valence-corrected chi connectivity index (χ4v) is 1.82. The highest BCUT2D eigenvalue weighted by molar-refractivity contribution is 6.30. The maximum absolute atomic E-state index is 13.3. The quantitative estimate of drug-likeness (QED) is 0.888. The van der Waals surface area contributed by atoms with Gasteiger partial charge >= 0.3 is 0 Å². The predicted molar refractivity (Wildman–Crippen MR) is 65.2 cm³/mol. The van der Waals surface area contributed by atoms with E-state index in [0.717, 1.165) is 25.9 Å². The molecule has 1 aromatic rings. The summed E-state index contributed by atoms with van der Waals surface area (Å²) in [5, 5.41) is 3.73. The van der Waals surface area contributed by atoms with Gasteiger partial charge in [0.1, 0.15) is 6.10 Å². The van der Waals surface area contributed by atoms with Gasteiger partial charge in [0.2, 0.25) is 0 Å². The summed E-state index contributed by atoms with van der Waals surface area (Å²) in [4.78, 5) is 0. The summed E-state index contributed by atoms with van der Waals surface area (Å²) in [7, 11) is 0. The van der Waals surface area contributed by atoms with Gasteiger partial charge in [-0.15, -0.1) is 12.4 Å². The molecule has 90 valence electrons. The minimum atomic E-state index is -0.349. The number of benzene rings is 1. The molecule has 0 bridgehead atoms. The van der Waals surface area contributed by atoms with E-state index in [4.69, 9.17) is 16.3 Å². The second-order valence-corrected chi connectivity index (χ2v) is 4.08. The van der Waals surface area contributed by atoms with E-state index in [2.05, 4.69) is 5.32 Å². The predicted octanol–water partition coefficient (Wildman–Crippen LogP) is 3.03. The lowest BCUT2D eigenvalue weighted by atomic mass is 10.1. The lowest BCUT2D eigenvalue weighted by molar-refractivity contribution is 0.156. The van der Waals surface area contributed by atoms with Crippen LogP contribution in [0.2, 0.25) is 5.02 Å². The SMILES string of the molecule is Cl.Fc1ccc(Cl)cc1OC1CCNCC1. The van der Waals surface area contributed by atoms with Crippen LogP contribution in [0.1, 0.15) is 12.8 Å². The van der Waals surface area contributed by atoms with Crippen LogP contribution < -0.4 is 10.1 Å². The van der Waals surface area contributed by atoms with Gasteiger partial charge in [-0.2, -0.15) is 0 Å². The molecule has 0 amide bonds. The summed E-state index contributed by atoms with van der Waals surface area (Å²) >= 11 is 5.78. The molecule has 0 aromatic heterocycles. The fraction of sp³-hybridized carbons (Fsp3) is 0.455. The Balaban J connectivity index is 0.00000128. The number of hydrogen-bond acceptors (Lipinski definition) is 2. The summed E-state index contributed by atoms with van der Waals surface area (Å²) in [5.41, 5.74) is 0. The van der Waals surface area contributed by atoms with Crippen LogP contribution in [0, 0.1) is 5.82 Å². The third-order valence-corrected chi connectivity index (χ3v) is 2.71. The Bertz CT molecular complexity index is 343. The van der Waals surface area contributed by atoms with Crippen molar-refractivity contribution in [1.82, 2.24) is 5.32 Å². The molecule has 2 nitrogen and oxygen atoms in total. The third-order valence-electron chi connectivity index (χ3n) is 2.47. The van der Waals surface area contributed by atoms with E-state index in [1.165, 1.54) is 18.2 Å². The van der Waals surface area contributed by atoms with Crippen LogP contribution in [0.4, 0.5) is 4.39 Å². The second-order valence-electron chi connectivity index (χ2n) is 3.64. The normalized spacial score (nSPS) is 16.6. The molecule has 5 heteroatoms. The Kier molecular flexibility index (Phi) is 5.32. The molecule has 1 N–H and O–H groups in total. The van der Waals surface area contributed by atoms with Crippen LogP contribution >= 0.6 is 24.0 Å². The van der Waals surface area contributed by atoms with E-state index in [0.29, 0.717) is 5.02 Å². The molecular weight excluding hydrogens is 252 g/mol. The second kappa shape index (κ2) is 6.28. The fourth-order valence-electron chi connectivity index (χ4n) is 1.66. The van der Waals surface area contributed by atoms with Crippen molar-refractivity contribution in [2.24, 2.45) is 0 Å². The monoisotopic (exact) mass is 265 g/mol. The number of piperidine rings is 1. The standard InChI is InChI=1S/C11H13ClFNO.ClH/c12-8-1-2-10(13)11(7-8)15-9-3-5-14-6-4-9;/h1-2,7,9,14H,3-6H2;1H. The van der Waals surface area contributed by atoms with Gasteiger partial charge in [0.05, 0.1) is 0 Å². The molecule has 2 rings (SSSR count). The van der Waals surface area contributed by atoms with Crippen LogP contribution in [0.15, 0.2) is 18.2 Å². The molecule has 0 spiro atoms. The van der Waals surface area contributed by atoms with Crippen molar-refractivity contribution in [3.05, 3.63) is 29.0 Å². The molecule has 0 saturated carbocycles. The van der Waals surface area contributed by atoms with E-state index >= 15 is 0 Å². The van der Waals surface area contributed by atoms with Crippen molar-refractivity contribution in [3.63, 3.8) is 0 Å². The summed E-state index contributed by atoms with van der Waals surface area (Å²) in [5.74, 6) is -0.0904. The van der Waals surface area contributed by atoms with Crippen molar-refractivity contribution < 1.29 is 9.13 Å². The molecule has 1 heterocycles. The van der Waals surface area contributed by atoms with E-state index in [1.54, 1.807) is 0 Å². The van der Waals surface area contributed by atoms with Gasteiger partial charge in [0.15, 0.2) is 11.6 Å². The lowest BCUT2D eigenvalue weighted by Gasteiger charge is -2.24. The molecule has 1 fully saturated rings. The Morgan fingerprint density at radius 1 is 1.31 bits per heavy atom. The van der Waals surface area contributed by atoms with Gasteiger partial charge in [-0.1, -0.05) is 11.6 Å². The molecule has 0 aliphatic carbocycles. The summed E-state index contributed by atoms with van der Waals surface area (Å²) in [6.07, 6.45) is 1.91. The smallest absolute Gasteiger partial charge is 0.165 e. The first kappa shape index (κ1) is 13.6. The maximum atomic E-state index is 13.3. The topological polar surface area (TPSA) is 21.3 Å². The lowest BCUT2D eigenvalue weighted by Crippen LogP contribution is -2.34. The number of halogens is 3. The first-order chi connectivity index (χ1) is 7.25. The molecule has 1 aliphatic heterocycles. The van der Waals surface area contributed by atoms with Gasteiger partial charge < -0.3 is 10.1 Å². The van der Waals surface area contributed by atoms with Gasteiger partial charge in [0.25, 0.3) is 0 Å². The van der Waals surface area contributed by atoms with Gasteiger partial charge in [-0.25, -0.2) is 4.39 Å². The summed E-state index contributed by atoms with van der Waals surface area (Å²) < 4.78 is 18.9. The van der Waals surface area contributed by atoms with Crippen LogP contribution in [-0.2, 0) is 0 Å². The van der Waals surface area contributed by atoms with Gasteiger partial charge in [-0.05, 0) is 38.1 Å². The van der Waals surface area contributed by atoms with Gasteiger partial charge in [0, 0.05) is 11.1 Å². The molecule has 16 heavy (non-hydrogen) atoms. The van der Waals surface area contributed by atoms with Crippen LogP contribution in [0.25, 0.3) is 0 Å². The van der Waals surface area contributed by atoms with Gasteiger partial charge in [-0.3, -0.25) is 0 Å². The molecule has 1 aliphatic rings. The maximum Gasteiger partial charge on any atom is 0.165 e. The van der Waals surface area contributed by atoms with Crippen LogP contribution in [0.3, 0.4) is 0 Å². The zero-order chi connectivity index (χ0) is 10.7. The highest BCUT2D eigenvalue weighted by Crippen LogP contribution is 2.24. The number of nitrogens with one attached hydrogen (secondary N) is 1. The van der Waals surface area contributed by atoms with Crippen molar-refractivity contribution in [2.45, 2.75) is 18.9 Å². The van der Waals surface area contributed by atoms with Crippen LogP contribution in [0.5, 0.6) is 5.75 Å². The largest absolute Gasteiger partial charge is 0.487 e. The first-order valence-corrected chi connectivity index (χ1v) is 5.46. The van der Waals surface area contributed by atoms with Crippen molar-refractivity contribution in [3.8, 4) is 5.75 Å². The van der Waals surface area contributed by atoms with Crippen LogP contribution in [-0.4, -0.2) is 19.2 Å². The average Bonchev–Trinajstić information content (AvgIpc) is 2.25. The average molecular weight is 266 g/mol. The van der Waals surface area contributed by atoms with E-state index in [1.807, 2.05) is 0 Å². The molecular formula is C11H14Cl2FNO. The van der Waals surface area contributed by atoms with E-state index in [9.17, 15) is 4.39 Å².